The van der Waals surface area contributed by atoms with Gasteiger partial charge in [-0.05, 0) is 25.6 Å². The summed E-state index contributed by atoms with van der Waals surface area (Å²) in [5.74, 6) is -5.87. The van der Waals surface area contributed by atoms with E-state index >= 15 is 4.39 Å². The maximum Gasteiger partial charge on any atom is 0.253 e. The van der Waals surface area contributed by atoms with Crippen molar-refractivity contribution in [2.75, 3.05) is 18.1 Å². The molecule has 0 aliphatic heterocycles. The van der Waals surface area contributed by atoms with E-state index in [2.05, 4.69) is 15.1 Å². The Balaban J connectivity index is 2.43. The van der Waals surface area contributed by atoms with E-state index in [1.165, 1.54) is 0 Å². The van der Waals surface area contributed by atoms with Gasteiger partial charge < -0.3 is 4.74 Å². The Labute approximate surface area is 205 Å². The van der Waals surface area contributed by atoms with Crippen molar-refractivity contribution >= 4 is 45.9 Å². The fourth-order valence-corrected chi connectivity index (χ4v) is 4.35. The topological polar surface area (TPSA) is 90.2 Å². The predicted molar refractivity (Wildman–Crippen MR) is 126 cm³/mol. The van der Waals surface area contributed by atoms with Crippen LogP contribution in [0, 0.1) is 23.0 Å². The number of rotatable bonds is 9. The highest BCUT2D eigenvalue weighted by molar-refractivity contribution is 8.23. The molecule has 0 radical (unpaired) electrons. The normalized spacial score (nSPS) is 12.4. The molecule has 2 rings (SSSR count). The van der Waals surface area contributed by atoms with Gasteiger partial charge in [0.05, 0.1) is 6.61 Å². The number of hydrogen-bond donors (Lipinski definition) is 0. The van der Waals surface area contributed by atoms with Crippen LogP contribution >= 0.6 is 24.0 Å². The molecule has 0 N–H and O–H groups in total. The van der Waals surface area contributed by atoms with Gasteiger partial charge in [-0.3, -0.25) is 14.5 Å². The molecular formula is C21H26F3N5O3S2. The number of ketones is 1. The van der Waals surface area contributed by atoms with Crippen molar-refractivity contribution in [2.24, 2.45) is 5.41 Å². The summed E-state index contributed by atoms with van der Waals surface area (Å²) in [5, 5.41) is 3.12. The van der Waals surface area contributed by atoms with Crippen molar-refractivity contribution in [1.82, 2.24) is 19.7 Å². The maximum atomic E-state index is 15.3. The second-order valence-electron chi connectivity index (χ2n) is 8.31. The molecule has 34 heavy (non-hydrogen) atoms. The van der Waals surface area contributed by atoms with E-state index in [4.69, 9.17) is 17.0 Å². The van der Waals surface area contributed by atoms with Crippen LogP contribution in [-0.4, -0.2) is 54.2 Å². The molecule has 2 heterocycles. The summed E-state index contributed by atoms with van der Waals surface area (Å²) in [4.78, 5) is 32.8. The van der Waals surface area contributed by atoms with Gasteiger partial charge in [-0.2, -0.15) is 18.9 Å². The molecule has 0 saturated heterocycles. The Morgan fingerprint density at radius 1 is 1.26 bits per heavy atom. The average Bonchev–Trinajstić information content (AvgIpc) is 3.26. The van der Waals surface area contributed by atoms with Crippen LogP contribution in [0.4, 0.5) is 19.0 Å². The summed E-state index contributed by atoms with van der Waals surface area (Å²) in [6.07, 6.45) is 2.45. The van der Waals surface area contributed by atoms with Crippen LogP contribution in [0.5, 0.6) is 0 Å². The summed E-state index contributed by atoms with van der Waals surface area (Å²) in [7, 11) is 0. The second-order valence-corrected chi connectivity index (χ2v) is 10.2. The number of Topliss-reactive ketones (excluding diaryl/α,β-unsaturated/α-hetero) is 1. The molecule has 0 spiro atoms. The molecule has 2 aromatic rings. The molecule has 0 aliphatic rings. The number of thiocarbonyl (C=S) groups is 1. The molecule has 0 aromatic carbocycles. The number of pyridine rings is 1. The van der Waals surface area contributed by atoms with E-state index in [9.17, 15) is 18.4 Å². The van der Waals surface area contributed by atoms with E-state index < -0.39 is 45.7 Å². The Kier molecular flexibility index (Phi) is 9.56. The summed E-state index contributed by atoms with van der Waals surface area (Å²) in [6.45, 7) is 8.38. The highest BCUT2D eigenvalue weighted by atomic mass is 32.2. The molecule has 2 aromatic heterocycles. The van der Waals surface area contributed by atoms with Gasteiger partial charge in [0, 0.05) is 30.6 Å². The minimum atomic E-state index is -1.61. The number of nitrogens with zero attached hydrogens (tertiary/aromatic N) is 5. The third kappa shape index (κ3) is 6.98. The van der Waals surface area contributed by atoms with Crippen molar-refractivity contribution < 1.29 is 27.5 Å². The molecule has 0 fully saturated rings. The smallest absolute Gasteiger partial charge is 0.253 e. The molecule has 0 saturated carbocycles. The Morgan fingerprint density at radius 2 is 1.94 bits per heavy atom. The lowest BCUT2D eigenvalue weighted by molar-refractivity contribution is -0.126. The number of thioether (sulfide) groups is 1. The van der Waals surface area contributed by atoms with Gasteiger partial charge in [-0.15, -0.1) is 0 Å². The Bertz CT molecular complexity index is 1050. The van der Waals surface area contributed by atoms with E-state index in [0.717, 1.165) is 36.2 Å². The quantitative estimate of drug-likeness (QED) is 0.360. The van der Waals surface area contributed by atoms with Crippen LogP contribution in [0.15, 0.2) is 12.7 Å². The molecule has 1 atom stereocenters. The van der Waals surface area contributed by atoms with Gasteiger partial charge in [-0.1, -0.05) is 32.5 Å². The van der Waals surface area contributed by atoms with Gasteiger partial charge in [0.2, 0.25) is 16.1 Å². The van der Waals surface area contributed by atoms with Crippen LogP contribution in [0.1, 0.15) is 47.5 Å². The van der Waals surface area contributed by atoms with Crippen LogP contribution in [-0.2, 0) is 14.3 Å². The number of halogens is 3. The number of amides is 1. The fourth-order valence-electron chi connectivity index (χ4n) is 2.91. The van der Waals surface area contributed by atoms with Gasteiger partial charge in [0.1, 0.15) is 24.1 Å². The van der Waals surface area contributed by atoms with E-state index in [-0.39, 0.29) is 29.6 Å². The van der Waals surface area contributed by atoms with Crippen molar-refractivity contribution in [3.8, 4) is 5.69 Å². The van der Waals surface area contributed by atoms with E-state index in [1.807, 2.05) is 0 Å². The number of aromatic nitrogens is 4. The maximum absolute atomic E-state index is 15.3. The minimum Gasteiger partial charge on any atom is -0.479 e. The number of carbonyl (C=O) groups is 2. The van der Waals surface area contributed by atoms with Crippen molar-refractivity contribution in [2.45, 2.75) is 52.7 Å². The third-order valence-electron chi connectivity index (χ3n) is 4.72. The van der Waals surface area contributed by atoms with Crippen molar-refractivity contribution in [3.63, 3.8) is 0 Å². The van der Waals surface area contributed by atoms with Gasteiger partial charge in [0.15, 0.2) is 11.6 Å². The first-order valence-corrected chi connectivity index (χ1v) is 11.7. The third-order valence-corrected chi connectivity index (χ3v) is 6.16. The van der Waals surface area contributed by atoms with Gasteiger partial charge in [-0.25, -0.2) is 14.1 Å². The highest BCUT2D eigenvalue weighted by Crippen LogP contribution is 2.30. The molecule has 1 amide bonds. The first kappa shape index (κ1) is 27.7. The van der Waals surface area contributed by atoms with E-state index in [0.29, 0.717) is 11.3 Å². The summed E-state index contributed by atoms with van der Waals surface area (Å²) < 4.78 is 50.2. The summed E-state index contributed by atoms with van der Waals surface area (Å²) in [6, 6.07) is 0. The molecule has 0 aliphatic carbocycles. The first-order valence-electron chi connectivity index (χ1n) is 10.4. The van der Waals surface area contributed by atoms with E-state index in [1.54, 1.807) is 27.7 Å². The average molecular weight is 518 g/mol. The number of carbonyl (C=O) groups excluding carboxylic acids is 2. The first-order chi connectivity index (χ1) is 15.9. The lowest BCUT2D eigenvalue weighted by Crippen LogP contribution is -2.38. The Morgan fingerprint density at radius 3 is 2.47 bits per heavy atom. The lowest BCUT2D eigenvalue weighted by Gasteiger charge is -2.27. The monoisotopic (exact) mass is 517 g/mol. The molecule has 8 nitrogen and oxygen atoms in total. The zero-order valence-corrected chi connectivity index (χ0v) is 21.1. The number of hydrogen-bond acceptors (Lipinski definition) is 8. The predicted octanol–water partition coefficient (Wildman–Crippen LogP) is 4.25. The van der Waals surface area contributed by atoms with Gasteiger partial charge in [0.25, 0.3) is 5.95 Å². The van der Waals surface area contributed by atoms with Crippen molar-refractivity contribution in [3.05, 3.63) is 30.2 Å². The lowest BCUT2D eigenvalue weighted by atomic mass is 9.88. The molecule has 1 unspecified atom stereocenters. The van der Waals surface area contributed by atoms with Crippen LogP contribution < -0.4 is 4.90 Å². The SMILES string of the molecule is CCOC(=S)SC(CCC(=O)C(C)(C)C)CN(C(C)=O)c1nc(F)c(F)c(-n2cncn2)c1F. The molecule has 0 bridgehead atoms. The number of anilines is 1. The van der Waals surface area contributed by atoms with Gasteiger partial charge >= 0.3 is 0 Å². The number of ether oxygens (including phenoxy) is 1. The summed E-state index contributed by atoms with van der Waals surface area (Å²) >= 11 is 6.29. The largest absolute Gasteiger partial charge is 0.479 e. The molecule has 13 heteroatoms. The van der Waals surface area contributed by atoms with Crippen LogP contribution in [0.2, 0.25) is 0 Å². The fraction of sp³-hybridized carbons (Fsp3) is 0.524. The molecule has 186 valence electrons. The second kappa shape index (κ2) is 11.7. The Hall–Kier alpha value is -2.54. The summed E-state index contributed by atoms with van der Waals surface area (Å²) in [5.41, 5.74) is -1.43. The highest BCUT2D eigenvalue weighted by Gasteiger charge is 2.31. The van der Waals surface area contributed by atoms with Crippen LogP contribution in [0.25, 0.3) is 5.69 Å². The minimum absolute atomic E-state index is 0.0135. The zero-order valence-electron chi connectivity index (χ0n) is 19.5. The zero-order chi connectivity index (χ0) is 25.6. The standard InChI is InChI=1S/C21H26F3N5O3S2/c1-6-32-20(33)34-13(7-8-14(31)21(3,4)5)9-28(12(2)30)19-16(23)17(15(22)18(24)27-19)29-11-25-10-26-29/h10-11,13H,6-9H2,1-5H3. The van der Waals surface area contributed by atoms with Crippen LogP contribution in [0.3, 0.4) is 0 Å². The van der Waals surface area contributed by atoms with Crippen molar-refractivity contribution in [1.29, 1.82) is 0 Å². The molecular weight excluding hydrogens is 491 g/mol.